The van der Waals surface area contributed by atoms with Crippen molar-refractivity contribution in [3.05, 3.63) is 84.2 Å². The second-order valence-corrected chi connectivity index (χ2v) is 7.29. The fourth-order valence-electron chi connectivity index (χ4n) is 3.68. The summed E-state index contributed by atoms with van der Waals surface area (Å²) in [5, 5.41) is 0. The molecule has 0 atom stereocenters. The van der Waals surface area contributed by atoms with Crippen LogP contribution in [0.4, 0.5) is 0 Å². The van der Waals surface area contributed by atoms with Crippen molar-refractivity contribution < 1.29 is 14.3 Å². The molecule has 0 fully saturated rings. The maximum atomic E-state index is 12.9. The van der Waals surface area contributed by atoms with E-state index in [4.69, 9.17) is 9.47 Å². The largest absolute Gasteiger partial charge is 0.486 e. The van der Waals surface area contributed by atoms with Gasteiger partial charge in [0.25, 0.3) is 5.91 Å². The molecule has 1 aliphatic rings. The number of amides is 1. The van der Waals surface area contributed by atoms with Gasteiger partial charge in [0, 0.05) is 24.8 Å². The van der Waals surface area contributed by atoms with Crippen LogP contribution in [0.5, 0.6) is 11.5 Å². The van der Waals surface area contributed by atoms with Crippen molar-refractivity contribution in [1.82, 2.24) is 14.5 Å². The van der Waals surface area contributed by atoms with E-state index in [0.717, 1.165) is 33.8 Å². The zero-order valence-electron chi connectivity index (χ0n) is 16.6. The molecule has 1 aliphatic heterocycles. The predicted molar refractivity (Wildman–Crippen MR) is 114 cm³/mol. The molecular weight excluding hydrogens is 378 g/mol. The summed E-state index contributed by atoms with van der Waals surface area (Å²) in [6.07, 6.45) is 1.80. The van der Waals surface area contributed by atoms with Crippen molar-refractivity contribution in [2.75, 3.05) is 20.3 Å². The minimum Gasteiger partial charge on any atom is -0.486 e. The molecule has 0 aliphatic carbocycles. The van der Waals surface area contributed by atoms with Gasteiger partial charge in [-0.05, 0) is 54.1 Å². The molecular formula is C24H21N3O3. The Morgan fingerprint density at radius 2 is 1.77 bits per heavy atom. The van der Waals surface area contributed by atoms with Gasteiger partial charge in [0.05, 0.1) is 11.0 Å². The number of fused-ring (bicyclic) bond motifs is 2. The van der Waals surface area contributed by atoms with E-state index in [0.29, 0.717) is 25.3 Å². The van der Waals surface area contributed by atoms with E-state index in [1.807, 2.05) is 71.3 Å². The number of hydrogen-bond donors (Lipinski definition) is 0. The number of hydrogen-bond acceptors (Lipinski definition) is 4. The van der Waals surface area contributed by atoms with E-state index >= 15 is 0 Å². The van der Waals surface area contributed by atoms with Crippen molar-refractivity contribution in [3.63, 3.8) is 0 Å². The van der Waals surface area contributed by atoms with Crippen LogP contribution in [-0.2, 0) is 6.54 Å². The third-order valence-corrected chi connectivity index (χ3v) is 5.22. The Hall–Kier alpha value is -3.80. The highest BCUT2D eigenvalue weighted by atomic mass is 16.6. The van der Waals surface area contributed by atoms with Crippen molar-refractivity contribution in [3.8, 4) is 17.2 Å². The fourth-order valence-corrected chi connectivity index (χ4v) is 3.68. The first-order valence-electron chi connectivity index (χ1n) is 9.85. The third kappa shape index (κ3) is 3.37. The normalized spacial score (nSPS) is 12.7. The minimum absolute atomic E-state index is 0.0353. The van der Waals surface area contributed by atoms with Crippen molar-refractivity contribution in [1.29, 1.82) is 0 Å². The van der Waals surface area contributed by atoms with Gasteiger partial charge in [0.2, 0.25) is 0 Å². The number of rotatable bonds is 4. The van der Waals surface area contributed by atoms with Gasteiger partial charge in [-0.3, -0.25) is 9.36 Å². The van der Waals surface area contributed by atoms with E-state index < -0.39 is 0 Å². The maximum absolute atomic E-state index is 12.9. The summed E-state index contributed by atoms with van der Waals surface area (Å²) in [4.78, 5) is 19.0. The first-order valence-corrected chi connectivity index (χ1v) is 9.85. The van der Waals surface area contributed by atoms with E-state index in [1.165, 1.54) is 0 Å². The smallest absolute Gasteiger partial charge is 0.253 e. The predicted octanol–water partition coefficient (Wildman–Crippen LogP) is 4.07. The van der Waals surface area contributed by atoms with Gasteiger partial charge in [0.1, 0.15) is 19.5 Å². The Kier molecular flexibility index (Phi) is 4.59. The molecule has 4 aromatic rings. The van der Waals surface area contributed by atoms with Gasteiger partial charge in [-0.1, -0.05) is 18.2 Å². The summed E-state index contributed by atoms with van der Waals surface area (Å²) in [6, 6.07) is 21.4. The van der Waals surface area contributed by atoms with Crippen LogP contribution in [0.2, 0.25) is 0 Å². The lowest BCUT2D eigenvalue weighted by molar-refractivity contribution is 0.0785. The highest BCUT2D eigenvalue weighted by molar-refractivity contribution is 5.94. The van der Waals surface area contributed by atoms with Gasteiger partial charge in [-0.25, -0.2) is 4.98 Å². The molecule has 0 bridgehead atoms. The van der Waals surface area contributed by atoms with Crippen LogP contribution in [0.25, 0.3) is 16.7 Å². The minimum atomic E-state index is -0.0353. The van der Waals surface area contributed by atoms with Crippen LogP contribution >= 0.6 is 0 Å². The Labute approximate surface area is 174 Å². The zero-order valence-corrected chi connectivity index (χ0v) is 16.6. The molecule has 150 valence electrons. The van der Waals surface area contributed by atoms with Crippen LogP contribution in [-0.4, -0.2) is 40.6 Å². The van der Waals surface area contributed by atoms with Crippen molar-refractivity contribution in [2.24, 2.45) is 0 Å². The molecule has 0 saturated carbocycles. The average Bonchev–Trinajstić information content (AvgIpc) is 3.23. The average molecular weight is 399 g/mol. The van der Waals surface area contributed by atoms with Crippen molar-refractivity contribution >= 4 is 16.9 Å². The summed E-state index contributed by atoms with van der Waals surface area (Å²) in [5.41, 5.74) is 4.58. The fraction of sp³-hybridized carbons (Fsp3) is 0.167. The number of para-hydroxylation sites is 2. The summed E-state index contributed by atoms with van der Waals surface area (Å²) in [5.74, 6) is 1.45. The molecule has 6 heteroatoms. The molecule has 0 unspecified atom stereocenters. The molecule has 3 aromatic carbocycles. The summed E-state index contributed by atoms with van der Waals surface area (Å²) in [7, 11) is 1.80. The lowest BCUT2D eigenvalue weighted by Gasteiger charge is -2.21. The SMILES string of the molecule is CN(Cc1ccc2c(c1)OCCO2)C(=O)c1ccc(-n2cnc3ccccc32)cc1. The molecule has 30 heavy (non-hydrogen) atoms. The molecule has 5 rings (SSSR count). The van der Waals surface area contributed by atoms with Crippen LogP contribution in [0.3, 0.4) is 0 Å². The standard InChI is InChI=1S/C24H21N3O3/c1-26(15-17-6-11-22-23(14-17)30-13-12-29-22)24(28)18-7-9-19(10-8-18)27-16-25-20-4-2-3-5-21(20)27/h2-11,14,16H,12-13,15H2,1H3. The Bertz CT molecular complexity index is 1210. The Morgan fingerprint density at radius 1 is 1.00 bits per heavy atom. The van der Waals surface area contributed by atoms with E-state index in [9.17, 15) is 4.79 Å². The number of nitrogens with zero attached hydrogens (tertiary/aromatic N) is 3. The summed E-state index contributed by atoms with van der Waals surface area (Å²) >= 11 is 0. The molecule has 0 saturated heterocycles. The molecule has 6 nitrogen and oxygen atoms in total. The van der Waals surface area contributed by atoms with E-state index in [-0.39, 0.29) is 5.91 Å². The highest BCUT2D eigenvalue weighted by Gasteiger charge is 2.16. The second kappa shape index (κ2) is 7.55. The van der Waals surface area contributed by atoms with Gasteiger partial charge in [-0.2, -0.15) is 0 Å². The van der Waals surface area contributed by atoms with E-state index in [2.05, 4.69) is 4.98 Å². The number of ether oxygens (including phenoxy) is 2. The first kappa shape index (κ1) is 18.2. The monoisotopic (exact) mass is 399 g/mol. The topological polar surface area (TPSA) is 56.6 Å². The zero-order chi connectivity index (χ0) is 20.5. The van der Waals surface area contributed by atoms with Crippen LogP contribution < -0.4 is 9.47 Å². The number of benzene rings is 3. The number of aromatic nitrogens is 2. The first-order chi connectivity index (χ1) is 14.7. The molecule has 1 amide bonds. The Balaban J connectivity index is 1.32. The molecule has 1 aromatic heterocycles. The highest BCUT2D eigenvalue weighted by Crippen LogP contribution is 2.31. The second-order valence-electron chi connectivity index (χ2n) is 7.29. The molecule has 2 heterocycles. The number of imidazole rings is 1. The summed E-state index contributed by atoms with van der Waals surface area (Å²) in [6.45, 7) is 1.60. The molecule has 0 spiro atoms. The summed E-state index contributed by atoms with van der Waals surface area (Å²) < 4.78 is 13.2. The van der Waals surface area contributed by atoms with Crippen LogP contribution in [0.1, 0.15) is 15.9 Å². The van der Waals surface area contributed by atoms with Gasteiger partial charge in [0.15, 0.2) is 11.5 Å². The van der Waals surface area contributed by atoms with Gasteiger partial charge in [-0.15, -0.1) is 0 Å². The van der Waals surface area contributed by atoms with E-state index in [1.54, 1.807) is 18.3 Å². The maximum Gasteiger partial charge on any atom is 0.253 e. The quantitative estimate of drug-likeness (QED) is 0.519. The lowest BCUT2D eigenvalue weighted by atomic mass is 10.1. The molecule has 0 N–H and O–H groups in total. The third-order valence-electron chi connectivity index (χ3n) is 5.22. The van der Waals surface area contributed by atoms with Crippen molar-refractivity contribution in [2.45, 2.75) is 6.54 Å². The lowest BCUT2D eigenvalue weighted by Crippen LogP contribution is -2.26. The Morgan fingerprint density at radius 3 is 2.60 bits per heavy atom. The molecule has 0 radical (unpaired) electrons. The van der Waals surface area contributed by atoms with Crippen LogP contribution in [0.15, 0.2) is 73.1 Å². The van der Waals surface area contributed by atoms with Gasteiger partial charge < -0.3 is 14.4 Å². The van der Waals surface area contributed by atoms with Gasteiger partial charge >= 0.3 is 0 Å². The van der Waals surface area contributed by atoms with Crippen LogP contribution in [0, 0.1) is 0 Å². The number of carbonyl (C=O) groups is 1. The number of carbonyl (C=O) groups excluding carboxylic acids is 1.